The fraction of sp³-hybridized carbons (Fsp3) is 0.417. The molecule has 1 saturated carbocycles. The van der Waals surface area contributed by atoms with E-state index in [1.165, 1.54) is 0 Å². The first kappa shape index (κ1) is 12.7. The molecule has 1 amide bonds. The van der Waals surface area contributed by atoms with Crippen molar-refractivity contribution in [2.75, 3.05) is 18.9 Å². The van der Waals surface area contributed by atoms with Gasteiger partial charge in [0.25, 0.3) is 0 Å². The van der Waals surface area contributed by atoms with Gasteiger partial charge in [0.1, 0.15) is 0 Å². The fourth-order valence-electron chi connectivity index (χ4n) is 1.59. The highest BCUT2D eigenvalue weighted by Crippen LogP contribution is 2.27. The van der Waals surface area contributed by atoms with E-state index in [1.54, 1.807) is 11.0 Å². The van der Waals surface area contributed by atoms with Gasteiger partial charge < -0.3 is 10.2 Å². The molecule has 0 spiro atoms. The van der Waals surface area contributed by atoms with Crippen LogP contribution in [-0.4, -0.2) is 30.4 Å². The molecular weight excluding hydrogens is 304 g/mol. The molecule has 0 saturated heterocycles. The average molecular weight is 318 g/mol. The summed E-state index contributed by atoms with van der Waals surface area (Å²) in [6, 6.07) is 6.00. The predicted octanol–water partition coefficient (Wildman–Crippen LogP) is 3.14. The van der Waals surface area contributed by atoms with Crippen molar-refractivity contribution in [1.82, 2.24) is 4.90 Å². The van der Waals surface area contributed by atoms with Gasteiger partial charge in [-0.15, -0.1) is 0 Å². The predicted molar refractivity (Wildman–Crippen MR) is 73.4 cm³/mol. The Morgan fingerprint density at radius 2 is 2.29 bits per heavy atom. The van der Waals surface area contributed by atoms with E-state index in [4.69, 9.17) is 11.6 Å². The molecule has 1 aromatic carbocycles. The molecule has 0 radical (unpaired) electrons. The van der Waals surface area contributed by atoms with Crippen LogP contribution in [0.4, 0.5) is 5.69 Å². The highest BCUT2D eigenvalue weighted by Gasteiger charge is 2.29. The lowest BCUT2D eigenvalue weighted by Gasteiger charge is -2.17. The maximum Gasteiger partial charge on any atom is 0.241 e. The number of carbonyl (C=O) groups is 1. The molecule has 2 rings (SSSR count). The van der Waals surface area contributed by atoms with Crippen LogP contribution < -0.4 is 5.32 Å². The number of nitrogens with zero attached hydrogens (tertiary/aromatic N) is 1. The van der Waals surface area contributed by atoms with Gasteiger partial charge in [-0.3, -0.25) is 4.79 Å². The van der Waals surface area contributed by atoms with Gasteiger partial charge in [0.15, 0.2) is 0 Å². The molecule has 1 aliphatic carbocycles. The number of hydrogen-bond donors (Lipinski definition) is 1. The smallest absolute Gasteiger partial charge is 0.241 e. The highest BCUT2D eigenvalue weighted by atomic mass is 79.9. The lowest BCUT2D eigenvalue weighted by atomic mass is 10.3. The van der Waals surface area contributed by atoms with Crippen molar-refractivity contribution < 1.29 is 4.79 Å². The summed E-state index contributed by atoms with van der Waals surface area (Å²) in [7, 11) is 1.85. The largest absolute Gasteiger partial charge is 0.375 e. The summed E-state index contributed by atoms with van der Waals surface area (Å²) >= 11 is 9.39. The summed E-state index contributed by atoms with van der Waals surface area (Å²) in [4.78, 5) is 13.6. The molecule has 1 N–H and O–H groups in total. The van der Waals surface area contributed by atoms with Crippen molar-refractivity contribution in [1.29, 1.82) is 0 Å². The van der Waals surface area contributed by atoms with Crippen molar-refractivity contribution in [2.24, 2.45) is 0 Å². The van der Waals surface area contributed by atoms with E-state index in [0.29, 0.717) is 11.1 Å². The lowest BCUT2D eigenvalue weighted by Crippen LogP contribution is -2.33. The number of likely N-dealkylation sites (N-methyl/N-ethyl adjacent to an activating group) is 1. The van der Waals surface area contributed by atoms with Gasteiger partial charge in [0.2, 0.25) is 5.91 Å². The maximum absolute atomic E-state index is 11.8. The Morgan fingerprint density at radius 1 is 1.59 bits per heavy atom. The van der Waals surface area contributed by atoms with Gasteiger partial charge >= 0.3 is 0 Å². The molecule has 1 aromatic rings. The molecule has 1 fully saturated rings. The highest BCUT2D eigenvalue weighted by molar-refractivity contribution is 9.10. The second-order valence-corrected chi connectivity index (χ2v) is 5.54. The number of benzene rings is 1. The molecule has 17 heavy (non-hydrogen) atoms. The molecule has 92 valence electrons. The lowest BCUT2D eigenvalue weighted by molar-refractivity contribution is -0.128. The maximum atomic E-state index is 11.8. The molecular formula is C12H14BrClN2O. The topological polar surface area (TPSA) is 32.3 Å². The standard InChI is InChI=1S/C12H14BrClN2O/c1-16(9-3-4-9)12(17)7-15-11-5-2-8(13)6-10(11)14/h2,5-6,9,15H,3-4,7H2,1H3. The van der Waals surface area contributed by atoms with Gasteiger partial charge in [0.05, 0.1) is 17.3 Å². The van der Waals surface area contributed by atoms with Crippen molar-refractivity contribution in [2.45, 2.75) is 18.9 Å². The summed E-state index contributed by atoms with van der Waals surface area (Å²) in [5.41, 5.74) is 0.785. The number of nitrogens with one attached hydrogen (secondary N) is 1. The van der Waals surface area contributed by atoms with Crippen molar-refractivity contribution in [3.8, 4) is 0 Å². The zero-order valence-corrected chi connectivity index (χ0v) is 11.9. The van der Waals surface area contributed by atoms with Crippen molar-refractivity contribution in [3.63, 3.8) is 0 Å². The Bertz CT molecular complexity index is 435. The van der Waals surface area contributed by atoms with E-state index in [-0.39, 0.29) is 12.5 Å². The normalized spacial score (nSPS) is 14.5. The van der Waals surface area contributed by atoms with E-state index in [1.807, 2.05) is 19.2 Å². The minimum atomic E-state index is 0.103. The van der Waals surface area contributed by atoms with E-state index in [9.17, 15) is 4.79 Å². The Labute approximate surface area is 114 Å². The molecule has 1 aliphatic rings. The zero-order chi connectivity index (χ0) is 12.4. The first-order chi connectivity index (χ1) is 8.08. The van der Waals surface area contributed by atoms with Crippen LogP contribution in [0.15, 0.2) is 22.7 Å². The van der Waals surface area contributed by atoms with Crippen LogP contribution in [0.1, 0.15) is 12.8 Å². The average Bonchev–Trinajstić information content (AvgIpc) is 3.10. The Hall–Kier alpha value is -0.740. The Kier molecular flexibility index (Phi) is 3.94. The molecule has 5 heteroatoms. The molecule has 0 aromatic heterocycles. The molecule has 0 heterocycles. The minimum absolute atomic E-state index is 0.103. The fourth-order valence-corrected chi connectivity index (χ4v) is 2.33. The third kappa shape index (κ3) is 3.36. The number of hydrogen-bond acceptors (Lipinski definition) is 2. The summed E-state index contributed by atoms with van der Waals surface area (Å²) in [5, 5.41) is 3.67. The van der Waals surface area contributed by atoms with Gasteiger partial charge in [-0.2, -0.15) is 0 Å². The second kappa shape index (κ2) is 5.27. The van der Waals surface area contributed by atoms with Crippen LogP contribution in [0.5, 0.6) is 0 Å². The second-order valence-electron chi connectivity index (χ2n) is 4.21. The summed E-state index contributed by atoms with van der Waals surface area (Å²) in [6.07, 6.45) is 2.25. The quantitative estimate of drug-likeness (QED) is 0.925. The number of rotatable bonds is 4. The number of carbonyl (C=O) groups excluding carboxylic acids is 1. The Balaban J connectivity index is 1.90. The first-order valence-corrected chi connectivity index (χ1v) is 6.69. The summed E-state index contributed by atoms with van der Waals surface area (Å²) in [5.74, 6) is 0.103. The molecule has 0 bridgehead atoms. The number of amides is 1. The van der Waals surface area contributed by atoms with E-state index in [2.05, 4.69) is 21.2 Å². The van der Waals surface area contributed by atoms with Crippen LogP contribution in [0.3, 0.4) is 0 Å². The van der Waals surface area contributed by atoms with E-state index in [0.717, 1.165) is 23.0 Å². The van der Waals surface area contributed by atoms with Gasteiger partial charge in [-0.25, -0.2) is 0 Å². The van der Waals surface area contributed by atoms with Gasteiger partial charge in [0, 0.05) is 17.6 Å². The molecule has 0 aliphatic heterocycles. The van der Waals surface area contributed by atoms with Crippen LogP contribution in [0, 0.1) is 0 Å². The summed E-state index contributed by atoms with van der Waals surface area (Å²) in [6.45, 7) is 0.286. The van der Waals surface area contributed by atoms with E-state index < -0.39 is 0 Å². The molecule has 0 unspecified atom stereocenters. The third-order valence-corrected chi connectivity index (χ3v) is 3.66. The molecule has 0 atom stereocenters. The van der Waals surface area contributed by atoms with Crippen LogP contribution in [-0.2, 0) is 4.79 Å². The SMILES string of the molecule is CN(C(=O)CNc1ccc(Br)cc1Cl)C1CC1. The van der Waals surface area contributed by atoms with Crippen LogP contribution >= 0.6 is 27.5 Å². The monoisotopic (exact) mass is 316 g/mol. The third-order valence-electron chi connectivity index (χ3n) is 2.85. The van der Waals surface area contributed by atoms with Crippen molar-refractivity contribution >= 4 is 39.1 Å². The number of halogens is 2. The minimum Gasteiger partial charge on any atom is -0.375 e. The van der Waals surface area contributed by atoms with Gasteiger partial charge in [-0.1, -0.05) is 27.5 Å². The first-order valence-electron chi connectivity index (χ1n) is 5.52. The van der Waals surface area contributed by atoms with Crippen LogP contribution in [0.25, 0.3) is 0 Å². The van der Waals surface area contributed by atoms with Gasteiger partial charge in [-0.05, 0) is 31.0 Å². The molecule has 3 nitrogen and oxygen atoms in total. The number of anilines is 1. The van der Waals surface area contributed by atoms with E-state index >= 15 is 0 Å². The van der Waals surface area contributed by atoms with Crippen molar-refractivity contribution in [3.05, 3.63) is 27.7 Å². The summed E-state index contributed by atoms with van der Waals surface area (Å²) < 4.78 is 0.925. The zero-order valence-electron chi connectivity index (χ0n) is 9.54. The Morgan fingerprint density at radius 3 is 2.88 bits per heavy atom. The van der Waals surface area contributed by atoms with Crippen LogP contribution in [0.2, 0.25) is 5.02 Å².